The van der Waals surface area contributed by atoms with Crippen LogP contribution >= 0.6 is 0 Å². The first-order chi connectivity index (χ1) is 13.2. The highest BCUT2D eigenvalue weighted by atomic mass is 16.5. The van der Waals surface area contributed by atoms with Crippen molar-refractivity contribution >= 4 is 18.1 Å². The Hall–Kier alpha value is -3.16. The summed E-state index contributed by atoms with van der Waals surface area (Å²) in [4.78, 5) is 35.3. The summed E-state index contributed by atoms with van der Waals surface area (Å²) in [7, 11) is 1.63. The van der Waals surface area contributed by atoms with Crippen LogP contribution < -0.4 is 15.0 Å². The molecule has 0 spiro atoms. The molecule has 0 radical (unpaired) electrons. The van der Waals surface area contributed by atoms with Crippen molar-refractivity contribution < 1.29 is 14.3 Å². The summed E-state index contributed by atoms with van der Waals surface area (Å²) in [5, 5.41) is 2.89. The van der Waals surface area contributed by atoms with Gasteiger partial charge >= 0.3 is 0 Å². The molecule has 1 fully saturated rings. The molecule has 142 valence electrons. The van der Waals surface area contributed by atoms with Gasteiger partial charge in [-0.15, -0.1) is 0 Å². The Bertz CT molecular complexity index is 790. The lowest BCUT2D eigenvalue weighted by molar-refractivity contribution is -0.118. The van der Waals surface area contributed by atoms with E-state index in [2.05, 4.69) is 20.2 Å². The Morgan fingerprint density at radius 3 is 2.78 bits per heavy atom. The summed E-state index contributed by atoms with van der Waals surface area (Å²) < 4.78 is 5.20. The van der Waals surface area contributed by atoms with Crippen LogP contribution in [-0.2, 0) is 11.2 Å². The zero-order valence-electron chi connectivity index (χ0n) is 15.3. The Kier molecular flexibility index (Phi) is 6.19. The number of nitrogens with zero attached hydrogens (tertiary/aromatic N) is 4. The number of ether oxygens (including phenoxy) is 1. The van der Waals surface area contributed by atoms with E-state index in [4.69, 9.17) is 4.74 Å². The topological polar surface area (TPSA) is 87.7 Å². The van der Waals surface area contributed by atoms with Crippen LogP contribution in [-0.4, -0.2) is 67.0 Å². The average molecular weight is 369 g/mol. The quantitative estimate of drug-likeness (QED) is 0.724. The molecule has 2 aromatic rings. The van der Waals surface area contributed by atoms with Crippen LogP contribution in [0.3, 0.4) is 0 Å². The smallest absolute Gasteiger partial charge is 0.270 e. The molecule has 1 N–H and O–H groups in total. The van der Waals surface area contributed by atoms with E-state index in [0.717, 1.165) is 17.7 Å². The van der Waals surface area contributed by atoms with Crippen molar-refractivity contribution in [3.8, 4) is 5.75 Å². The molecule has 2 heterocycles. The third-order valence-electron chi connectivity index (χ3n) is 4.51. The molecule has 8 nitrogen and oxygen atoms in total. The third kappa shape index (κ3) is 4.93. The van der Waals surface area contributed by atoms with Gasteiger partial charge in [-0.1, -0.05) is 12.1 Å². The van der Waals surface area contributed by atoms with Gasteiger partial charge in [0, 0.05) is 38.8 Å². The number of aromatic nitrogens is 2. The molecular weight excluding hydrogens is 346 g/mol. The van der Waals surface area contributed by atoms with Gasteiger partial charge in [-0.3, -0.25) is 9.59 Å². The van der Waals surface area contributed by atoms with Crippen LogP contribution in [0, 0.1) is 0 Å². The number of anilines is 1. The molecule has 0 aliphatic carbocycles. The molecule has 8 heteroatoms. The van der Waals surface area contributed by atoms with E-state index in [1.54, 1.807) is 18.1 Å². The Balaban J connectivity index is 1.54. The number of hydrogen-bond donors (Lipinski definition) is 1. The lowest BCUT2D eigenvalue weighted by atomic mass is 10.1. The van der Waals surface area contributed by atoms with Crippen LogP contribution in [0.5, 0.6) is 5.75 Å². The number of carbonyl (C=O) groups excluding carboxylic acids is 2. The Labute approximate surface area is 158 Å². The molecule has 1 aliphatic heterocycles. The Morgan fingerprint density at radius 1 is 1.22 bits per heavy atom. The molecule has 27 heavy (non-hydrogen) atoms. The largest absolute Gasteiger partial charge is 0.497 e. The number of benzene rings is 1. The highest BCUT2D eigenvalue weighted by Crippen LogP contribution is 2.14. The number of amides is 2. The van der Waals surface area contributed by atoms with Crippen LogP contribution in [0.25, 0.3) is 0 Å². The van der Waals surface area contributed by atoms with E-state index in [-0.39, 0.29) is 5.91 Å². The molecule has 1 saturated heterocycles. The summed E-state index contributed by atoms with van der Waals surface area (Å²) in [6, 6.07) is 9.46. The van der Waals surface area contributed by atoms with Crippen molar-refractivity contribution in [1.82, 2.24) is 20.2 Å². The maximum absolute atomic E-state index is 12.4. The van der Waals surface area contributed by atoms with Gasteiger partial charge < -0.3 is 19.9 Å². The van der Waals surface area contributed by atoms with Crippen LogP contribution in [0.1, 0.15) is 16.1 Å². The molecule has 2 amide bonds. The van der Waals surface area contributed by atoms with Gasteiger partial charge in [-0.25, -0.2) is 9.97 Å². The number of piperazine rings is 1. The minimum Gasteiger partial charge on any atom is -0.497 e. The monoisotopic (exact) mass is 369 g/mol. The summed E-state index contributed by atoms with van der Waals surface area (Å²) in [5.41, 5.74) is 1.43. The predicted octanol–water partition coefficient (Wildman–Crippen LogP) is 0.736. The number of methoxy groups -OCH3 is 1. The lowest BCUT2D eigenvalue weighted by Crippen LogP contribution is -2.46. The average Bonchev–Trinajstić information content (AvgIpc) is 2.74. The highest BCUT2D eigenvalue weighted by Gasteiger charge is 2.18. The second-order valence-electron chi connectivity index (χ2n) is 6.25. The second kappa shape index (κ2) is 8.98. The number of nitrogens with one attached hydrogen (secondary N) is 1. The third-order valence-corrected chi connectivity index (χ3v) is 4.51. The van der Waals surface area contributed by atoms with Gasteiger partial charge in [0.2, 0.25) is 6.41 Å². The maximum Gasteiger partial charge on any atom is 0.270 e. The molecule has 0 bridgehead atoms. The molecule has 0 saturated carbocycles. The fourth-order valence-corrected chi connectivity index (χ4v) is 2.94. The second-order valence-corrected chi connectivity index (χ2v) is 6.25. The van der Waals surface area contributed by atoms with E-state index >= 15 is 0 Å². The van der Waals surface area contributed by atoms with Crippen LogP contribution in [0.15, 0.2) is 36.7 Å². The number of rotatable bonds is 7. The fourth-order valence-electron chi connectivity index (χ4n) is 2.94. The lowest BCUT2D eigenvalue weighted by Gasteiger charge is -2.33. The van der Waals surface area contributed by atoms with E-state index in [0.29, 0.717) is 50.7 Å². The normalized spacial score (nSPS) is 14.0. The minimum atomic E-state index is -0.229. The summed E-state index contributed by atoms with van der Waals surface area (Å²) >= 11 is 0. The molecule has 1 aliphatic rings. The maximum atomic E-state index is 12.4. The van der Waals surface area contributed by atoms with Crippen molar-refractivity contribution in [2.24, 2.45) is 0 Å². The van der Waals surface area contributed by atoms with Crippen molar-refractivity contribution in [1.29, 1.82) is 0 Å². The first kappa shape index (κ1) is 18.6. The Morgan fingerprint density at radius 2 is 2.04 bits per heavy atom. The van der Waals surface area contributed by atoms with Crippen molar-refractivity contribution in [2.45, 2.75) is 6.42 Å². The van der Waals surface area contributed by atoms with Crippen LogP contribution in [0.4, 0.5) is 5.82 Å². The zero-order chi connectivity index (χ0) is 19.1. The molecular formula is C19H23N5O3. The summed E-state index contributed by atoms with van der Waals surface area (Å²) in [6.07, 6.45) is 2.96. The van der Waals surface area contributed by atoms with Gasteiger partial charge in [-0.05, 0) is 24.1 Å². The van der Waals surface area contributed by atoms with Crippen molar-refractivity contribution in [3.63, 3.8) is 0 Å². The molecule has 1 aromatic heterocycles. The van der Waals surface area contributed by atoms with Gasteiger partial charge in [-0.2, -0.15) is 0 Å². The molecule has 3 rings (SSSR count). The van der Waals surface area contributed by atoms with E-state index in [1.165, 1.54) is 6.33 Å². The van der Waals surface area contributed by atoms with Crippen molar-refractivity contribution in [2.75, 3.05) is 44.7 Å². The van der Waals surface area contributed by atoms with Gasteiger partial charge in [0.25, 0.3) is 5.91 Å². The van der Waals surface area contributed by atoms with E-state index in [9.17, 15) is 9.59 Å². The van der Waals surface area contributed by atoms with Gasteiger partial charge in [0.1, 0.15) is 23.6 Å². The highest BCUT2D eigenvalue weighted by molar-refractivity contribution is 5.92. The minimum absolute atomic E-state index is 0.229. The molecule has 1 aromatic carbocycles. The van der Waals surface area contributed by atoms with Crippen LogP contribution in [0.2, 0.25) is 0 Å². The number of carbonyl (C=O) groups is 2. The van der Waals surface area contributed by atoms with Gasteiger partial charge in [0.15, 0.2) is 0 Å². The molecule has 0 atom stereocenters. The predicted molar refractivity (Wildman–Crippen MR) is 101 cm³/mol. The summed E-state index contributed by atoms with van der Waals surface area (Å²) in [6.45, 7) is 3.17. The first-order valence-electron chi connectivity index (χ1n) is 8.87. The summed E-state index contributed by atoms with van der Waals surface area (Å²) in [5.74, 6) is 1.27. The fraction of sp³-hybridized carbons (Fsp3) is 0.368. The van der Waals surface area contributed by atoms with Gasteiger partial charge in [0.05, 0.1) is 7.11 Å². The first-order valence-corrected chi connectivity index (χ1v) is 8.87. The van der Waals surface area contributed by atoms with E-state index in [1.807, 2.05) is 24.3 Å². The standard InChI is InChI=1S/C19H23N5O3/c1-27-16-4-2-3-15(11-16)5-6-20-19(26)17-12-18(22-13-21-17)24-9-7-23(14-25)8-10-24/h2-4,11-14H,5-10H2,1H3,(H,20,26). The zero-order valence-corrected chi connectivity index (χ0v) is 15.3. The number of hydrogen-bond acceptors (Lipinski definition) is 6. The van der Waals surface area contributed by atoms with E-state index < -0.39 is 0 Å². The van der Waals surface area contributed by atoms with Crippen molar-refractivity contribution in [3.05, 3.63) is 47.9 Å². The SMILES string of the molecule is COc1cccc(CCNC(=O)c2cc(N3CCN(C=O)CC3)ncn2)c1. The molecule has 0 unspecified atom stereocenters.